The van der Waals surface area contributed by atoms with Crippen molar-refractivity contribution in [1.82, 2.24) is 0 Å². The highest BCUT2D eigenvalue weighted by Gasteiger charge is 2.04. The van der Waals surface area contributed by atoms with Gasteiger partial charge in [-0.25, -0.2) is 0 Å². The van der Waals surface area contributed by atoms with Gasteiger partial charge in [-0.05, 0) is 0 Å². The van der Waals surface area contributed by atoms with E-state index in [1.54, 1.807) is 0 Å². The summed E-state index contributed by atoms with van der Waals surface area (Å²) in [5.74, 6) is 1.83. The first-order valence-corrected chi connectivity index (χ1v) is 2.49. The second-order valence-corrected chi connectivity index (χ2v) is 1.55. The number of halogens is 1. The third-order valence-electron chi connectivity index (χ3n) is 0.828. The summed E-state index contributed by atoms with van der Waals surface area (Å²) < 4.78 is 4.31. The molecule has 0 saturated carbocycles. The third kappa shape index (κ3) is 5.42. The minimum absolute atomic E-state index is 0. The Morgan fingerprint density at radius 3 is 2.70 bits per heavy atom. The van der Waals surface area contributed by atoms with Crippen molar-refractivity contribution in [3.8, 4) is 12.3 Å². The van der Waals surface area contributed by atoms with Crippen LogP contribution in [0.5, 0.6) is 0 Å². The lowest BCUT2D eigenvalue weighted by Crippen LogP contribution is -2.22. The Kier molecular flexibility index (Phi) is 7.68. The minimum Gasteiger partial charge on any atom is -0.469 e. The van der Waals surface area contributed by atoms with Gasteiger partial charge >= 0.3 is 5.97 Å². The zero-order valence-corrected chi connectivity index (χ0v) is 6.48. The van der Waals surface area contributed by atoms with Gasteiger partial charge in [0.05, 0.1) is 19.6 Å². The van der Waals surface area contributed by atoms with Crippen LogP contribution in [0.15, 0.2) is 0 Å². The van der Waals surface area contributed by atoms with Crippen molar-refractivity contribution in [2.24, 2.45) is 5.73 Å². The van der Waals surface area contributed by atoms with E-state index in [9.17, 15) is 4.79 Å². The van der Waals surface area contributed by atoms with Crippen LogP contribution in [-0.4, -0.2) is 19.1 Å². The molecule has 2 N–H and O–H groups in total. The van der Waals surface area contributed by atoms with Gasteiger partial charge in [-0.3, -0.25) is 4.79 Å². The van der Waals surface area contributed by atoms with Crippen molar-refractivity contribution in [2.75, 3.05) is 7.11 Å². The SMILES string of the molecule is C#CC(N)CC(=O)OC.Cl. The van der Waals surface area contributed by atoms with E-state index in [1.165, 1.54) is 7.11 Å². The van der Waals surface area contributed by atoms with E-state index in [0.29, 0.717) is 0 Å². The quantitative estimate of drug-likeness (QED) is 0.458. The molecular weight excluding hydrogens is 154 g/mol. The molecule has 0 aliphatic rings. The zero-order chi connectivity index (χ0) is 7.28. The molecule has 0 aromatic rings. The first-order chi connectivity index (χ1) is 4.20. The van der Waals surface area contributed by atoms with Gasteiger partial charge < -0.3 is 10.5 Å². The van der Waals surface area contributed by atoms with Crippen LogP contribution >= 0.6 is 12.4 Å². The molecule has 0 heterocycles. The summed E-state index contributed by atoms with van der Waals surface area (Å²) in [6.07, 6.45) is 4.98. The van der Waals surface area contributed by atoms with E-state index in [0.717, 1.165) is 0 Å². The third-order valence-corrected chi connectivity index (χ3v) is 0.828. The number of carbonyl (C=O) groups excluding carboxylic acids is 1. The standard InChI is InChI=1S/C6H9NO2.ClH/c1-3-5(7)4-6(8)9-2;/h1,5H,4,7H2,2H3;1H. The van der Waals surface area contributed by atoms with Gasteiger partial charge in [-0.2, -0.15) is 0 Å². The summed E-state index contributed by atoms with van der Waals surface area (Å²) >= 11 is 0. The minimum atomic E-state index is -0.516. The first kappa shape index (κ1) is 12.0. The van der Waals surface area contributed by atoms with Crippen LogP contribution in [0.4, 0.5) is 0 Å². The average Bonchev–Trinajstić information content (AvgIpc) is 1.87. The largest absolute Gasteiger partial charge is 0.469 e. The molecule has 1 unspecified atom stereocenters. The highest BCUT2D eigenvalue weighted by atomic mass is 35.5. The molecule has 0 aliphatic heterocycles. The van der Waals surface area contributed by atoms with E-state index in [1.807, 2.05) is 0 Å². The molecule has 0 saturated heterocycles. The monoisotopic (exact) mass is 163 g/mol. The Bertz CT molecular complexity index is 141. The van der Waals surface area contributed by atoms with Crippen LogP contribution in [0.1, 0.15) is 6.42 Å². The molecule has 0 rings (SSSR count). The van der Waals surface area contributed by atoms with Crippen molar-refractivity contribution in [2.45, 2.75) is 12.5 Å². The topological polar surface area (TPSA) is 52.3 Å². The molecule has 3 nitrogen and oxygen atoms in total. The number of terminal acetylenes is 1. The fraction of sp³-hybridized carbons (Fsp3) is 0.500. The second kappa shape index (κ2) is 6.40. The van der Waals surface area contributed by atoms with Gasteiger partial charge in [0.2, 0.25) is 0 Å². The highest BCUT2D eigenvalue weighted by Crippen LogP contribution is 1.87. The maximum atomic E-state index is 10.4. The summed E-state index contributed by atoms with van der Waals surface area (Å²) in [6.45, 7) is 0. The Morgan fingerprint density at radius 1 is 1.90 bits per heavy atom. The predicted molar refractivity (Wildman–Crippen MR) is 40.7 cm³/mol. The van der Waals surface area contributed by atoms with Crippen LogP contribution in [0.2, 0.25) is 0 Å². The number of ether oxygens (including phenoxy) is 1. The Balaban J connectivity index is 0. The van der Waals surface area contributed by atoms with E-state index < -0.39 is 6.04 Å². The summed E-state index contributed by atoms with van der Waals surface area (Å²) in [5, 5.41) is 0. The van der Waals surface area contributed by atoms with Crippen molar-refractivity contribution in [3.63, 3.8) is 0 Å². The molecule has 0 aromatic carbocycles. The van der Waals surface area contributed by atoms with E-state index in [4.69, 9.17) is 12.2 Å². The first-order valence-electron chi connectivity index (χ1n) is 2.49. The Morgan fingerprint density at radius 2 is 2.40 bits per heavy atom. The molecule has 0 spiro atoms. The van der Waals surface area contributed by atoms with Gasteiger partial charge in [-0.15, -0.1) is 18.8 Å². The number of hydrogen-bond donors (Lipinski definition) is 1. The van der Waals surface area contributed by atoms with Gasteiger partial charge in [0.15, 0.2) is 0 Å². The maximum Gasteiger partial charge on any atom is 0.308 e. The smallest absolute Gasteiger partial charge is 0.308 e. The Labute approximate surface area is 66.3 Å². The molecular formula is C6H10ClNO2. The normalized spacial score (nSPS) is 10.5. The van der Waals surface area contributed by atoms with Gasteiger partial charge in [-0.1, -0.05) is 5.92 Å². The average molecular weight is 164 g/mol. The van der Waals surface area contributed by atoms with Gasteiger partial charge in [0.1, 0.15) is 0 Å². The van der Waals surface area contributed by atoms with Crippen LogP contribution < -0.4 is 5.73 Å². The summed E-state index contributed by atoms with van der Waals surface area (Å²) in [7, 11) is 1.30. The van der Waals surface area contributed by atoms with E-state index >= 15 is 0 Å². The zero-order valence-electron chi connectivity index (χ0n) is 5.66. The number of hydrogen-bond acceptors (Lipinski definition) is 3. The molecule has 4 heteroatoms. The van der Waals surface area contributed by atoms with Crippen LogP contribution in [0.25, 0.3) is 0 Å². The molecule has 58 valence electrons. The molecule has 0 aliphatic carbocycles. The highest BCUT2D eigenvalue weighted by molar-refractivity contribution is 5.85. The molecule has 0 fully saturated rings. The lowest BCUT2D eigenvalue weighted by atomic mass is 10.2. The van der Waals surface area contributed by atoms with E-state index in [2.05, 4.69) is 10.7 Å². The number of carbonyl (C=O) groups is 1. The summed E-state index contributed by atoms with van der Waals surface area (Å²) in [4.78, 5) is 10.4. The molecule has 0 bridgehead atoms. The molecule has 1 atom stereocenters. The van der Waals surface area contributed by atoms with Gasteiger partial charge in [0, 0.05) is 0 Å². The van der Waals surface area contributed by atoms with Crippen molar-refractivity contribution < 1.29 is 9.53 Å². The lowest BCUT2D eigenvalue weighted by molar-refractivity contribution is -0.140. The predicted octanol–water partition coefficient (Wildman–Crippen LogP) is -0.0682. The van der Waals surface area contributed by atoms with Crippen molar-refractivity contribution >= 4 is 18.4 Å². The number of rotatable bonds is 2. The van der Waals surface area contributed by atoms with Crippen LogP contribution in [0.3, 0.4) is 0 Å². The Hall–Kier alpha value is -0.720. The maximum absolute atomic E-state index is 10.4. The molecule has 10 heavy (non-hydrogen) atoms. The van der Waals surface area contributed by atoms with Gasteiger partial charge in [0.25, 0.3) is 0 Å². The summed E-state index contributed by atoms with van der Waals surface area (Å²) in [6, 6.07) is -0.516. The number of methoxy groups -OCH3 is 1. The summed E-state index contributed by atoms with van der Waals surface area (Å²) in [5.41, 5.74) is 5.21. The van der Waals surface area contributed by atoms with Crippen LogP contribution in [0, 0.1) is 12.3 Å². The lowest BCUT2D eigenvalue weighted by Gasteiger charge is -1.99. The fourth-order valence-corrected chi connectivity index (χ4v) is 0.322. The molecule has 0 aromatic heterocycles. The van der Waals surface area contributed by atoms with Crippen molar-refractivity contribution in [3.05, 3.63) is 0 Å². The molecule has 0 amide bonds. The van der Waals surface area contributed by atoms with Crippen molar-refractivity contribution in [1.29, 1.82) is 0 Å². The second-order valence-electron chi connectivity index (χ2n) is 1.55. The number of esters is 1. The van der Waals surface area contributed by atoms with E-state index in [-0.39, 0.29) is 24.8 Å². The fourth-order valence-electron chi connectivity index (χ4n) is 0.322. The number of nitrogens with two attached hydrogens (primary N) is 1. The van der Waals surface area contributed by atoms with Crippen LogP contribution in [-0.2, 0) is 9.53 Å². The molecule has 0 radical (unpaired) electrons.